The Morgan fingerprint density at radius 1 is 1.27 bits per heavy atom. The highest BCUT2D eigenvalue weighted by Crippen LogP contribution is 2.30. The number of hydrogen-bond donors (Lipinski definition) is 2. The van der Waals surface area contributed by atoms with Crippen molar-refractivity contribution < 1.29 is 4.39 Å². The van der Waals surface area contributed by atoms with Crippen LogP contribution in [0, 0.1) is 5.95 Å². The fourth-order valence-corrected chi connectivity index (χ4v) is 2.81. The maximum atomic E-state index is 12.9. The van der Waals surface area contributed by atoms with E-state index >= 15 is 0 Å². The highest BCUT2D eigenvalue weighted by molar-refractivity contribution is 5.66. The molecule has 0 radical (unpaired) electrons. The van der Waals surface area contributed by atoms with Crippen molar-refractivity contribution in [1.29, 1.82) is 0 Å². The van der Waals surface area contributed by atoms with Crippen LogP contribution in [0.1, 0.15) is 17.4 Å². The Hall–Kier alpha value is -2.80. The Labute approximate surface area is 124 Å². The lowest BCUT2D eigenvalue weighted by Gasteiger charge is -2.22. The van der Waals surface area contributed by atoms with E-state index in [1.165, 1.54) is 16.8 Å². The third kappa shape index (κ3) is 1.86. The van der Waals surface area contributed by atoms with Crippen LogP contribution in [-0.4, -0.2) is 19.7 Å². The number of aromatic nitrogens is 4. The summed E-state index contributed by atoms with van der Waals surface area (Å²) < 4.78 is 14.4. The van der Waals surface area contributed by atoms with E-state index in [2.05, 4.69) is 15.2 Å². The molecular weight excluding hydrogens is 285 g/mol. The van der Waals surface area contributed by atoms with E-state index in [-0.39, 0.29) is 11.7 Å². The van der Waals surface area contributed by atoms with E-state index < -0.39 is 5.95 Å². The van der Waals surface area contributed by atoms with Crippen LogP contribution in [-0.2, 0) is 6.42 Å². The van der Waals surface area contributed by atoms with Gasteiger partial charge in [0.15, 0.2) is 5.82 Å². The van der Waals surface area contributed by atoms with Crippen molar-refractivity contribution >= 4 is 0 Å². The molecular formula is C15H12FN5O. The molecule has 0 spiro atoms. The van der Waals surface area contributed by atoms with Crippen molar-refractivity contribution in [3.8, 4) is 16.8 Å². The molecule has 7 heteroatoms. The van der Waals surface area contributed by atoms with E-state index in [0.29, 0.717) is 12.2 Å². The molecule has 1 aliphatic rings. The number of benzene rings is 1. The number of aromatic amines is 1. The van der Waals surface area contributed by atoms with Gasteiger partial charge in [0.1, 0.15) is 0 Å². The van der Waals surface area contributed by atoms with Gasteiger partial charge in [0, 0.05) is 11.8 Å². The zero-order valence-electron chi connectivity index (χ0n) is 11.5. The lowest BCUT2D eigenvalue weighted by molar-refractivity contribution is 0.584. The number of pyridine rings is 1. The second-order valence-corrected chi connectivity index (χ2v) is 5.25. The van der Waals surface area contributed by atoms with Gasteiger partial charge in [0.2, 0.25) is 5.95 Å². The van der Waals surface area contributed by atoms with Crippen LogP contribution in [0.4, 0.5) is 4.39 Å². The minimum atomic E-state index is -0.515. The molecule has 0 fully saturated rings. The summed E-state index contributed by atoms with van der Waals surface area (Å²) in [6.07, 6.45) is 2.07. The van der Waals surface area contributed by atoms with Gasteiger partial charge in [-0.2, -0.15) is 9.49 Å². The first-order valence-electron chi connectivity index (χ1n) is 6.81. The van der Waals surface area contributed by atoms with Gasteiger partial charge < -0.3 is 5.73 Å². The number of halogens is 1. The molecule has 1 aliphatic heterocycles. The molecule has 1 unspecified atom stereocenters. The van der Waals surface area contributed by atoms with Gasteiger partial charge >= 0.3 is 5.69 Å². The summed E-state index contributed by atoms with van der Waals surface area (Å²) >= 11 is 0. The Kier molecular flexibility index (Phi) is 2.70. The largest absolute Gasteiger partial charge is 0.347 e. The quantitative estimate of drug-likeness (QED) is 0.663. The maximum Gasteiger partial charge on any atom is 0.347 e. The van der Waals surface area contributed by atoms with Crippen LogP contribution in [0.15, 0.2) is 41.3 Å². The maximum absolute atomic E-state index is 12.9. The molecule has 0 aliphatic carbocycles. The average molecular weight is 297 g/mol. The Morgan fingerprint density at radius 3 is 2.86 bits per heavy atom. The Morgan fingerprint density at radius 2 is 2.09 bits per heavy atom. The monoisotopic (exact) mass is 297 g/mol. The van der Waals surface area contributed by atoms with Crippen LogP contribution in [0.5, 0.6) is 0 Å². The van der Waals surface area contributed by atoms with Crippen LogP contribution in [0.2, 0.25) is 0 Å². The molecule has 22 heavy (non-hydrogen) atoms. The normalized spacial score (nSPS) is 16.2. The minimum Gasteiger partial charge on any atom is -0.321 e. The number of nitrogens with two attached hydrogens (primary N) is 1. The number of nitrogens with zero attached hydrogens (tertiary/aromatic N) is 3. The molecule has 3 N–H and O–H groups in total. The van der Waals surface area contributed by atoms with Crippen LogP contribution in [0.25, 0.3) is 16.8 Å². The van der Waals surface area contributed by atoms with Crippen molar-refractivity contribution in [3.05, 3.63) is 64.3 Å². The summed E-state index contributed by atoms with van der Waals surface area (Å²) in [5.41, 5.74) is 9.21. The predicted octanol–water partition coefficient (Wildman–Crippen LogP) is 1.32. The topological polar surface area (TPSA) is 89.6 Å². The van der Waals surface area contributed by atoms with E-state index in [4.69, 9.17) is 5.73 Å². The zero-order chi connectivity index (χ0) is 15.3. The van der Waals surface area contributed by atoms with E-state index in [0.717, 1.165) is 22.4 Å². The summed E-state index contributed by atoms with van der Waals surface area (Å²) in [5, 5.41) is 6.40. The average Bonchev–Trinajstić information content (AvgIpc) is 2.91. The molecule has 110 valence electrons. The molecule has 3 aromatic rings. The van der Waals surface area contributed by atoms with Crippen molar-refractivity contribution in [2.45, 2.75) is 12.5 Å². The van der Waals surface area contributed by atoms with Crippen LogP contribution >= 0.6 is 0 Å². The summed E-state index contributed by atoms with van der Waals surface area (Å²) in [6.45, 7) is 0. The lowest BCUT2D eigenvalue weighted by Crippen LogP contribution is -2.28. The SMILES string of the molecule is NC1Cc2cc(-c3ccc(F)nc3)ccc2-n2c1n[nH]c2=O. The first kappa shape index (κ1) is 12.9. The molecule has 4 rings (SSSR count). The van der Waals surface area contributed by atoms with Crippen LogP contribution in [0.3, 0.4) is 0 Å². The van der Waals surface area contributed by atoms with Gasteiger partial charge in [-0.1, -0.05) is 6.07 Å². The molecule has 3 heterocycles. The van der Waals surface area contributed by atoms with Gasteiger partial charge in [-0.05, 0) is 41.8 Å². The van der Waals surface area contributed by atoms with Gasteiger partial charge in [0.25, 0.3) is 0 Å². The Bertz CT molecular complexity index is 912. The van der Waals surface area contributed by atoms with Crippen molar-refractivity contribution in [2.75, 3.05) is 0 Å². The zero-order valence-corrected chi connectivity index (χ0v) is 11.5. The fraction of sp³-hybridized carbons (Fsp3) is 0.133. The summed E-state index contributed by atoms with van der Waals surface area (Å²) in [7, 11) is 0. The van der Waals surface area contributed by atoms with E-state index in [9.17, 15) is 9.18 Å². The number of H-pyrrole nitrogens is 1. The van der Waals surface area contributed by atoms with Gasteiger partial charge in [-0.25, -0.2) is 19.4 Å². The fourth-order valence-electron chi connectivity index (χ4n) is 2.81. The molecule has 6 nitrogen and oxygen atoms in total. The number of nitrogens with one attached hydrogen (secondary N) is 1. The molecule has 2 aromatic heterocycles. The van der Waals surface area contributed by atoms with Gasteiger partial charge in [0.05, 0.1) is 11.7 Å². The third-order valence-electron chi connectivity index (χ3n) is 3.85. The van der Waals surface area contributed by atoms with Gasteiger partial charge in [-0.15, -0.1) is 0 Å². The Balaban J connectivity index is 1.87. The second kappa shape index (κ2) is 4.60. The molecule has 0 saturated heterocycles. The number of hydrogen-bond acceptors (Lipinski definition) is 4. The minimum absolute atomic E-state index is 0.303. The summed E-state index contributed by atoms with van der Waals surface area (Å²) in [6, 6.07) is 8.32. The molecule has 0 amide bonds. The van der Waals surface area contributed by atoms with Crippen molar-refractivity contribution in [1.82, 2.24) is 19.7 Å². The predicted molar refractivity (Wildman–Crippen MR) is 78.0 cm³/mol. The first-order valence-corrected chi connectivity index (χ1v) is 6.81. The smallest absolute Gasteiger partial charge is 0.321 e. The van der Waals surface area contributed by atoms with Crippen molar-refractivity contribution in [3.63, 3.8) is 0 Å². The molecule has 0 saturated carbocycles. The third-order valence-corrected chi connectivity index (χ3v) is 3.85. The highest BCUT2D eigenvalue weighted by Gasteiger charge is 2.25. The number of fused-ring (bicyclic) bond motifs is 3. The number of rotatable bonds is 1. The second-order valence-electron chi connectivity index (χ2n) is 5.25. The highest BCUT2D eigenvalue weighted by atomic mass is 19.1. The van der Waals surface area contributed by atoms with Crippen LogP contribution < -0.4 is 11.4 Å². The van der Waals surface area contributed by atoms with E-state index in [1.807, 2.05) is 18.2 Å². The summed E-state index contributed by atoms with van der Waals surface area (Å²) in [4.78, 5) is 15.6. The van der Waals surface area contributed by atoms with Crippen molar-refractivity contribution in [2.24, 2.45) is 5.73 Å². The standard InChI is InChI=1S/C15H12FN5O/c16-13-4-2-9(7-18-13)8-1-3-12-10(5-8)6-11(17)14-19-20-15(22)21(12)14/h1-5,7,11H,6,17H2,(H,20,22). The van der Waals surface area contributed by atoms with Gasteiger partial charge in [-0.3, -0.25) is 0 Å². The lowest BCUT2D eigenvalue weighted by atomic mass is 9.96. The first-order chi connectivity index (χ1) is 10.6. The molecule has 1 aromatic carbocycles. The van der Waals surface area contributed by atoms with E-state index in [1.54, 1.807) is 6.07 Å². The molecule has 1 atom stereocenters. The molecule has 0 bridgehead atoms. The summed E-state index contributed by atoms with van der Waals surface area (Å²) in [5.74, 6) is 0.0204.